The van der Waals surface area contributed by atoms with Gasteiger partial charge in [0.2, 0.25) is 11.9 Å². The van der Waals surface area contributed by atoms with Crippen LogP contribution >= 0.6 is 0 Å². The summed E-state index contributed by atoms with van der Waals surface area (Å²) >= 11 is 0. The predicted molar refractivity (Wildman–Crippen MR) is 119 cm³/mol. The number of piperidine rings is 1. The molecule has 2 aliphatic rings. The van der Waals surface area contributed by atoms with Crippen molar-refractivity contribution in [2.24, 2.45) is 11.8 Å². The summed E-state index contributed by atoms with van der Waals surface area (Å²) in [4.78, 5) is 20.1. The molecule has 1 amide bonds. The smallest absolute Gasteiger partial charge is 0.223 e. The molecule has 29 heavy (non-hydrogen) atoms. The number of carbonyl (C=O) groups is 1. The molecule has 0 bridgehead atoms. The molecule has 4 rings (SSSR count). The van der Waals surface area contributed by atoms with E-state index >= 15 is 0 Å². The van der Waals surface area contributed by atoms with Gasteiger partial charge in [0, 0.05) is 31.6 Å². The summed E-state index contributed by atoms with van der Waals surface area (Å²) in [6.07, 6.45) is 9.15. The van der Waals surface area contributed by atoms with Crippen molar-refractivity contribution < 1.29 is 4.79 Å². The van der Waals surface area contributed by atoms with Crippen molar-refractivity contribution in [3.63, 3.8) is 0 Å². The molecule has 1 aliphatic heterocycles. The first kappa shape index (κ1) is 20.2. The monoisotopic (exact) mass is 396 g/mol. The Morgan fingerprint density at radius 1 is 1.10 bits per heavy atom. The highest BCUT2D eigenvalue weighted by molar-refractivity contribution is 5.80. The molecule has 1 aliphatic carbocycles. The molecule has 2 aromatic rings. The largest absolute Gasteiger partial charge is 0.353 e. The second kappa shape index (κ2) is 9.19. The van der Waals surface area contributed by atoms with Crippen LogP contribution in [0.1, 0.15) is 65.2 Å². The normalized spacial score (nSPS) is 19.2. The van der Waals surface area contributed by atoms with Crippen LogP contribution in [0.5, 0.6) is 0 Å². The minimum atomic E-state index is 0.154. The highest BCUT2D eigenvalue weighted by Gasteiger charge is 2.29. The van der Waals surface area contributed by atoms with Gasteiger partial charge in [0.25, 0.3) is 0 Å². The number of hydrogen-bond donors (Lipinski definition) is 1. The van der Waals surface area contributed by atoms with E-state index in [1.165, 1.54) is 24.8 Å². The zero-order valence-corrected chi connectivity index (χ0v) is 18.1. The molecule has 5 nitrogen and oxygen atoms in total. The lowest BCUT2D eigenvalue weighted by atomic mass is 9.92. The standard InChI is InChI=1S/C24H36N4O/c1-18(2)12-17-28-22-11-7-6-10-21(22)26-24(28)27-15-13-19(14-16-27)23(29)25-20-8-4-3-5-9-20/h6-7,10-11,18-20H,3-5,8-9,12-17H2,1-2H3,(H,25,29). The molecule has 0 unspecified atom stereocenters. The number of benzene rings is 1. The van der Waals surface area contributed by atoms with Crippen molar-refractivity contribution in [1.82, 2.24) is 14.9 Å². The first-order valence-electron chi connectivity index (χ1n) is 11.6. The van der Waals surface area contributed by atoms with Crippen molar-refractivity contribution >= 4 is 22.9 Å². The summed E-state index contributed by atoms with van der Waals surface area (Å²) < 4.78 is 2.39. The van der Waals surface area contributed by atoms with Gasteiger partial charge in [-0.2, -0.15) is 0 Å². The van der Waals surface area contributed by atoms with Crippen LogP contribution < -0.4 is 10.2 Å². The molecule has 1 N–H and O–H groups in total. The Labute approximate surface area is 174 Å². The van der Waals surface area contributed by atoms with Crippen LogP contribution in [0.15, 0.2) is 24.3 Å². The molecule has 0 spiro atoms. The SMILES string of the molecule is CC(C)CCn1c(N2CCC(C(=O)NC3CCCCC3)CC2)nc2ccccc21. The number of para-hydroxylation sites is 2. The van der Waals surface area contributed by atoms with Gasteiger partial charge in [-0.05, 0) is 50.2 Å². The number of nitrogens with zero attached hydrogens (tertiary/aromatic N) is 3. The van der Waals surface area contributed by atoms with Crippen LogP contribution in [0.25, 0.3) is 11.0 Å². The van der Waals surface area contributed by atoms with Gasteiger partial charge >= 0.3 is 0 Å². The van der Waals surface area contributed by atoms with Gasteiger partial charge in [-0.3, -0.25) is 4.79 Å². The lowest BCUT2D eigenvalue weighted by Crippen LogP contribution is -2.45. The maximum Gasteiger partial charge on any atom is 0.223 e. The van der Waals surface area contributed by atoms with Crippen molar-refractivity contribution in [3.05, 3.63) is 24.3 Å². The Morgan fingerprint density at radius 2 is 1.83 bits per heavy atom. The van der Waals surface area contributed by atoms with E-state index in [9.17, 15) is 4.79 Å². The third-order valence-electron chi connectivity index (χ3n) is 6.66. The van der Waals surface area contributed by atoms with Crippen LogP contribution in [0.3, 0.4) is 0 Å². The minimum absolute atomic E-state index is 0.154. The third-order valence-corrected chi connectivity index (χ3v) is 6.66. The molecule has 158 valence electrons. The zero-order chi connectivity index (χ0) is 20.2. The fourth-order valence-corrected chi connectivity index (χ4v) is 4.82. The third kappa shape index (κ3) is 4.76. The van der Waals surface area contributed by atoms with E-state index in [4.69, 9.17) is 4.98 Å². The number of fused-ring (bicyclic) bond motifs is 1. The number of anilines is 1. The van der Waals surface area contributed by atoms with Crippen molar-refractivity contribution in [1.29, 1.82) is 0 Å². The summed E-state index contributed by atoms with van der Waals surface area (Å²) in [5, 5.41) is 3.33. The Balaban J connectivity index is 1.42. The van der Waals surface area contributed by atoms with E-state index in [-0.39, 0.29) is 11.8 Å². The quantitative estimate of drug-likeness (QED) is 0.767. The van der Waals surface area contributed by atoms with Gasteiger partial charge in [-0.25, -0.2) is 4.98 Å². The van der Waals surface area contributed by atoms with Crippen molar-refractivity contribution in [2.45, 2.75) is 77.8 Å². The number of nitrogens with one attached hydrogen (secondary N) is 1. The van der Waals surface area contributed by atoms with Gasteiger partial charge in [-0.15, -0.1) is 0 Å². The van der Waals surface area contributed by atoms with Crippen LogP contribution in [-0.4, -0.2) is 34.6 Å². The molecule has 5 heteroatoms. The fourth-order valence-electron chi connectivity index (χ4n) is 4.82. The molecule has 1 saturated heterocycles. The van der Waals surface area contributed by atoms with Gasteiger partial charge in [0.15, 0.2) is 0 Å². The van der Waals surface area contributed by atoms with E-state index in [1.54, 1.807) is 0 Å². The zero-order valence-electron chi connectivity index (χ0n) is 18.1. The number of hydrogen-bond acceptors (Lipinski definition) is 3. The molecule has 1 aromatic heterocycles. The number of aromatic nitrogens is 2. The van der Waals surface area contributed by atoms with E-state index in [1.807, 2.05) is 0 Å². The summed E-state index contributed by atoms with van der Waals surface area (Å²) in [5.74, 6) is 2.18. The molecule has 0 radical (unpaired) electrons. The highest BCUT2D eigenvalue weighted by Crippen LogP contribution is 2.28. The Morgan fingerprint density at radius 3 is 2.55 bits per heavy atom. The maximum absolute atomic E-state index is 12.7. The lowest BCUT2D eigenvalue weighted by molar-refractivity contribution is -0.126. The maximum atomic E-state index is 12.7. The van der Waals surface area contributed by atoms with Crippen LogP contribution in [0.2, 0.25) is 0 Å². The van der Waals surface area contributed by atoms with Crippen LogP contribution in [0, 0.1) is 11.8 Å². The van der Waals surface area contributed by atoms with Crippen molar-refractivity contribution in [3.8, 4) is 0 Å². The van der Waals surface area contributed by atoms with Crippen LogP contribution in [-0.2, 0) is 11.3 Å². The van der Waals surface area contributed by atoms with Crippen LogP contribution in [0.4, 0.5) is 5.95 Å². The van der Waals surface area contributed by atoms with Gasteiger partial charge in [-0.1, -0.05) is 45.2 Å². The number of carbonyl (C=O) groups excluding carboxylic acids is 1. The van der Waals surface area contributed by atoms with E-state index < -0.39 is 0 Å². The number of amides is 1. The van der Waals surface area contributed by atoms with Gasteiger partial charge in [0.05, 0.1) is 11.0 Å². The number of aryl methyl sites for hydroxylation is 1. The number of rotatable bonds is 6. The first-order valence-corrected chi connectivity index (χ1v) is 11.6. The predicted octanol–water partition coefficient (Wildman–Crippen LogP) is 4.75. The lowest BCUT2D eigenvalue weighted by Gasteiger charge is -2.33. The first-order chi connectivity index (χ1) is 14.1. The molecular formula is C24H36N4O. The van der Waals surface area contributed by atoms with Gasteiger partial charge < -0.3 is 14.8 Å². The molecule has 1 saturated carbocycles. The second-order valence-electron chi connectivity index (χ2n) is 9.34. The second-order valence-corrected chi connectivity index (χ2v) is 9.34. The van der Waals surface area contributed by atoms with E-state index in [0.717, 1.165) is 63.2 Å². The molecule has 1 aromatic carbocycles. The summed E-state index contributed by atoms with van der Waals surface area (Å²) in [7, 11) is 0. The molecular weight excluding hydrogens is 360 g/mol. The average molecular weight is 397 g/mol. The number of imidazole rings is 1. The van der Waals surface area contributed by atoms with E-state index in [0.29, 0.717) is 12.0 Å². The Kier molecular flexibility index (Phi) is 6.41. The minimum Gasteiger partial charge on any atom is -0.353 e. The fraction of sp³-hybridized carbons (Fsp3) is 0.667. The average Bonchev–Trinajstić information content (AvgIpc) is 3.11. The molecule has 2 heterocycles. The Bertz CT molecular complexity index is 813. The summed E-state index contributed by atoms with van der Waals surface area (Å²) in [6, 6.07) is 8.86. The highest BCUT2D eigenvalue weighted by atomic mass is 16.1. The molecule has 2 fully saturated rings. The topological polar surface area (TPSA) is 50.2 Å². The van der Waals surface area contributed by atoms with Crippen molar-refractivity contribution in [2.75, 3.05) is 18.0 Å². The van der Waals surface area contributed by atoms with E-state index in [2.05, 4.69) is 52.9 Å². The molecule has 0 atom stereocenters. The van der Waals surface area contributed by atoms with Gasteiger partial charge in [0.1, 0.15) is 0 Å². The summed E-state index contributed by atoms with van der Waals surface area (Å²) in [6.45, 7) is 7.36. The summed E-state index contributed by atoms with van der Waals surface area (Å²) in [5.41, 5.74) is 2.30. The Hall–Kier alpha value is -2.04.